The van der Waals surface area contributed by atoms with E-state index < -0.39 is 0 Å². The van der Waals surface area contributed by atoms with Gasteiger partial charge in [0.25, 0.3) is 0 Å². The van der Waals surface area contributed by atoms with Crippen molar-refractivity contribution in [2.24, 2.45) is 10.7 Å². The summed E-state index contributed by atoms with van der Waals surface area (Å²) in [6, 6.07) is 7.67. The van der Waals surface area contributed by atoms with E-state index in [9.17, 15) is 4.79 Å². The first kappa shape index (κ1) is 14.8. The number of Topliss-reactive ketones (excluding diaryl/α,β-unsaturated/α-hetero) is 1. The van der Waals surface area contributed by atoms with Crippen LogP contribution >= 0.6 is 11.6 Å². The van der Waals surface area contributed by atoms with Crippen LogP contribution in [0.4, 0.5) is 0 Å². The fourth-order valence-electron chi connectivity index (χ4n) is 2.37. The highest BCUT2D eigenvalue weighted by Crippen LogP contribution is 2.24. The molecule has 1 saturated carbocycles. The van der Waals surface area contributed by atoms with E-state index in [0.29, 0.717) is 12.2 Å². The zero-order chi connectivity index (χ0) is 14.5. The average Bonchev–Trinajstić information content (AvgIpc) is 2.46. The molecule has 0 radical (unpaired) electrons. The number of carbonyl (C=O) groups is 1. The Morgan fingerprint density at radius 2 is 2.00 bits per heavy atom. The zero-order valence-electron chi connectivity index (χ0n) is 11.7. The van der Waals surface area contributed by atoms with Gasteiger partial charge in [-0.1, -0.05) is 29.8 Å². The molecule has 3 nitrogen and oxygen atoms in total. The lowest BCUT2D eigenvalue weighted by Gasteiger charge is -2.19. The van der Waals surface area contributed by atoms with E-state index in [1.807, 2.05) is 24.3 Å². The molecule has 0 bridgehead atoms. The third-order valence-corrected chi connectivity index (χ3v) is 3.91. The van der Waals surface area contributed by atoms with Crippen molar-refractivity contribution >= 4 is 23.1 Å². The molecule has 1 aromatic carbocycles. The van der Waals surface area contributed by atoms with Crippen LogP contribution in [0.5, 0.6) is 0 Å². The van der Waals surface area contributed by atoms with Crippen molar-refractivity contribution in [3.05, 3.63) is 46.1 Å². The van der Waals surface area contributed by atoms with Crippen molar-refractivity contribution < 1.29 is 4.79 Å². The second-order valence-electron chi connectivity index (χ2n) is 5.01. The van der Waals surface area contributed by atoms with Gasteiger partial charge < -0.3 is 5.73 Å². The van der Waals surface area contributed by atoms with Crippen LogP contribution in [0.25, 0.3) is 0 Å². The number of hydrogen-bond donors (Lipinski definition) is 1. The molecule has 0 atom stereocenters. The first-order chi connectivity index (χ1) is 9.59. The molecule has 20 heavy (non-hydrogen) atoms. The third kappa shape index (κ3) is 3.48. The fourth-order valence-corrected chi connectivity index (χ4v) is 2.57. The molecule has 1 fully saturated rings. The predicted molar refractivity (Wildman–Crippen MR) is 83.0 cm³/mol. The number of carbonyl (C=O) groups excluding carboxylic acids is 1. The van der Waals surface area contributed by atoms with Crippen molar-refractivity contribution in [1.29, 1.82) is 0 Å². The SMILES string of the molecule is CC(=O)/C(N)=C1\CCCCC1=NCc1ccccc1Cl. The Morgan fingerprint density at radius 3 is 2.70 bits per heavy atom. The highest BCUT2D eigenvalue weighted by atomic mass is 35.5. The quantitative estimate of drug-likeness (QED) is 0.864. The second-order valence-corrected chi connectivity index (χ2v) is 5.42. The van der Waals surface area contributed by atoms with Crippen molar-refractivity contribution in [2.75, 3.05) is 0 Å². The van der Waals surface area contributed by atoms with Crippen molar-refractivity contribution in [1.82, 2.24) is 0 Å². The summed E-state index contributed by atoms with van der Waals surface area (Å²) in [5.41, 5.74) is 9.15. The summed E-state index contributed by atoms with van der Waals surface area (Å²) in [5, 5.41) is 0.720. The second kappa shape index (κ2) is 6.71. The van der Waals surface area contributed by atoms with E-state index in [1.165, 1.54) is 6.92 Å². The number of allylic oxidation sites excluding steroid dienone is 2. The van der Waals surface area contributed by atoms with Crippen LogP contribution in [0.2, 0.25) is 5.02 Å². The Balaban J connectivity index is 2.25. The Morgan fingerprint density at radius 1 is 1.30 bits per heavy atom. The van der Waals surface area contributed by atoms with Crippen molar-refractivity contribution in [3.63, 3.8) is 0 Å². The van der Waals surface area contributed by atoms with Crippen molar-refractivity contribution in [2.45, 2.75) is 39.2 Å². The van der Waals surface area contributed by atoms with E-state index in [0.717, 1.165) is 47.6 Å². The highest BCUT2D eigenvalue weighted by molar-refractivity contribution is 6.31. The normalized spacial score (nSPS) is 20.0. The van der Waals surface area contributed by atoms with E-state index >= 15 is 0 Å². The Kier molecular flexibility index (Phi) is 4.96. The van der Waals surface area contributed by atoms with E-state index in [4.69, 9.17) is 17.3 Å². The number of nitrogens with two attached hydrogens (primary N) is 1. The molecule has 0 saturated heterocycles. The summed E-state index contributed by atoms with van der Waals surface area (Å²) in [6.07, 6.45) is 3.88. The molecule has 1 aliphatic rings. The summed E-state index contributed by atoms with van der Waals surface area (Å²) in [7, 11) is 0. The van der Waals surface area contributed by atoms with Crippen LogP contribution in [0.15, 0.2) is 40.5 Å². The van der Waals surface area contributed by atoms with E-state index in [2.05, 4.69) is 4.99 Å². The molecule has 0 spiro atoms. The first-order valence-corrected chi connectivity index (χ1v) is 7.24. The topological polar surface area (TPSA) is 55.5 Å². The molecular weight excluding hydrogens is 272 g/mol. The van der Waals surface area contributed by atoms with E-state index in [-0.39, 0.29) is 5.78 Å². The summed E-state index contributed by atoms with van der Waals surface area (Å²) >= 11 is 6.13. The molecule has 1 aromatic rings. The van der Waals surface area contributed by atoms with Gasteiger partial charge in [0.05, 0.1) is 12.2 Å². The van der Waals surface area contributed by atoms with Gasteiger partial charge in [-0.3, -0.25) is 9.79 Å². The number of aliphatic imine (C=N–C) groups is 1. The molecule has 2 N–H and O–H groups in total. The highest BCUT2D eigenvalue weighted by Gasteiger charge is 2.18. The minimum atomic E-state index is -0.0765. The molecule has 106 valence electrons. The maximum absolute atomic E-state index is 11.5. The number of ketones is 1. The zero-order valence-corrected chi connectivity index (χ0v) is 12.4. The average molecular weight is 291 g/mol. The number of benzene rings is 1. The largest absolute Gasteiger partial charge is 0.396 e. The summed E-state index contributed by atoms with van der Waals surface area (Å²) in [4.78, 5) is 16.1. The molecule has 0 aliphatic heterocycles. The van der Waals surface area contributed by atoms with Crippen LogP contribution in [0.3, 0.4) is 0 Å². The Hall–Kier alpha value is -1.61. The lowest BCUT2D eigenvalue weighted by molar-refractivity contribution is -0.113. The third-order valence-electron chi connectivity index (χ3n) is 3.54. The van der Waals surface area contributed by atoms with Crippen LogP contribution in [-0.2, 0) is 11.3 Å². The summed E-state index contributed by atoms with van der Waals surface area (Å²) in [6.45, 7) is 2.03. The smallest absolute Gasteiger partial charge is 0.175 e. The number of hydrogen-bond acceptors (Lipinski definition) is 3. The van der Waals surface area contributed by atoms with Crippen molar-refractivity contribution in [3.8, 4) is 0 Å². The van der Waals surface area contributed by atoms with Gasteiger partial charge in [0.2, 0.25) is 0 Å². The maximum atomic E-state index is 11.5. The lowest BCUT2D eigenvalue weighted by Crippen LogP contribution is -2.19. The fraction of sp³-hybridized carbons (Fsp3) is 0.375. The minimum absolute atomic E-state index is 0.0765. The lowest BCUT2D eigenvalue weighted by atomic mass is 9.90. The maximum Gasteiger partial charge on any atom is 0.175 e. The van der Waals surface area contributed by atoms with Gasteiger partial charge in [0.1, 0.15) is 0 Å². The van der Waals surface area contributed by atoms with Gasteiger partial charge in [-0.25, -0.2) is 0 Å². The van der Waals surface area contributed by atoms with Gasteiger partial charge in [-0.05, 0) is 42.9 Å². The molecule has 1 aliphatic carbocycles. The van der Waals surface area contributed by atoms with Crippen LogP contribution < -0.4 is 5.73 Å². The minimum Gasteiger partial charge on any atom is -0.396 e. The molecule has 0 unspecified atom stereocenters. The molecule has 2 rings (SSSR count). The monoisotopic (exact) mass is 290 g/mol. The molecular formula is C16H19ClN2O. The number of rotatable bonds is 3. The van der Waals surface area contributed by atoms with E-state index in [1.54, 1.807) is 0 Å². The Bertz CT molecular complexity index is 576. The van der Waals surface area contributed by atoms with Crippen LogP contribution in [0.1, 0.15) is 38.2 Å². The summed E-state index contributed by atoms with van der Waals surface area (Å²) in [5.74, 6) is -0.0765. The van der Waals surface area contributed by atoms with Gasteiger partial charge >= 0.3 is 0 Å². The first-order valence-electron chi connectivity index (χ1n) is 6.86. The molecule has 0 aromatic heterocycles. The van der Waals surface area contributed by atoms with Crippen LogP contribution in [-0.4, -0.2) is 11.5 Å². The number of halogens is 1. The standard InChI is InChI=1S/C16H19ClN2O/c1-11(20)16(18)13-7-3-5-9-15(13)19-10-12-6-2-4-8-14(12)17/h2,4,6,8H,3,5,7,9-10,18H2,1H3/b16-13-,19-15?. The van der Waals surface area contributed by atoms with Gasteiger partial charge in [-0.2, -0.15) is 0 Å². The Labute approximate surface area is 124 Å². The predicted octanol–water partition coefficient (Wildman–Crippen LogP) is 3.66. The molecule has 0 heterocycles. The van der Waals surface area contributed by atoms with Gasteiger partial charge in [0, 0.05) is 17.7 Å². The molecule has 0 amide bonds. The van der Waals surface area contributed by atoms with Gasteiger partial charge in [-0.15, -0.1) is 0 Å². The number of nitrogens with zero attached hydrogens (tertiary/aromatic N) is 1. The van der Waals surface area contributed by atoms with Gasteiger partial charge in [0.15, 0.2) is 5.78 Å². The van der Waals surface area contributed by atoms with Crippen LogP contribution in [0, 0.1) is 0 Å². The molecule has 4 heteroatoms. The summed E-state index contributed by atoms with van der Waals surface area (Å²) < 4.78 is 0.